The Hall–Kier alpha value is -2.79. The molecule has 1 aliphatic rings. The fourth-order valence-electron chi connectivity index (χ4n) is 3.49. The predicted octanol–water partition coefficient (Wildman–Crippen LogP) is 1.46. The van der Waals surface area contributed by atoms with Crippen LogP contribution < -0.4 is 14.2 Å². The van der Waals surface area contributed by atoms with E-state index in [1.54, 1.807) is 30.9 Å². The van der Waals surface area contributed by atoms with Gasteiger partial charge in [-0.1, -0.05) is 5.16 Å². The van der Waals surface area contributed by atoms with E-state index in [0.717, 1.165) is 0 Å². The molecule has 2 heterocycles. The molecule has 1 aliphatic heterocycles. The highest BCUT2D eigenvalue weighted by molar-refractivity contribution is 7.89. The van der Waals surface area contributed by atoms with E-state index in [4.69, 9.17) is 18.7 Å². The Bertz CT molecular complexity index is 996. The Kier molecular flexibility index (Phi) is 6.22. The number of carbonyl (C=O) groups excluding carboxylic acids is 1. The Morgan fingerprint density at radius 3 is 2.00 bits per heavy atom. The average molecular weight is 439 g/mol. The Labute approximate surface area is 175 Å². The summed E-state index contributed by atoms with van der Waals surface area (Å²) in [5.41, 5.74) is 0.690. The molecule has 0 bridgehead atoms. The van der Waals surface area contributed by atoms with E-state index < -0.39 is 10.0 Å². The van der Waals surface area contributed by atoms with Gasteiger partial charge in [0.15, 0.2) is 17.3 Å². The number of amides is 1. The van der Waals surface area contributed by atoms with Crippen LogP contribution in [-0.4, -0.2) is 76.2 Å². The van der Waals surface area contributed by atoms with Gasteiger partial charge < -0.3 is 23.6 Å². The van der Waals surface area contributed by atoms with Crippen LogP contribution in [0.4, 0.5) is 0 Å². The fourth-order valence-corrected chi connectivity index (χ4v) is 5.20. The van der Waals surface area contributed by atoms with Gasteiger partial charge in [-0.3, -0.25) is 4.79 Å². The number of piperazine rings is 1. The molecule has 11 heteroatoms. The zero-order valence-corrected chi connectivity index (χ0v) is 18.4. The second-order valence-corrected chi connectivity index (χ2v) is 8.64. The molecule has 0 N–H and O–H groups in total. The highest BCUT2D eigenvalue weighted by Gasteiger charge is 2.34. The van der Waals surface area contributed by atoms with E-state index in [1.165, 1.54) is 25.6 Å². The van der Waals surface area contributed by atoms with Crippen LogP contribution >= 0.6 is 0 Å². The second-order valence-electron chi connectivity index (χ2n) is 6.76. The first-order valence-electron chi connectivity index (χ1n) is 9.26. The van der Waals surface area contributed by atoms with Gasteiger partial charge in [0.05, 0.1) is 21.3 Å². The van der Waals surface area contributed by atoms with Crippen molar-refractivity contribution in [3.63, 3.8) is 0 Å². The number of aryl methyl sites for hydroxylation is 2. The van der Waals surface area contributed by atoms with Crippen molar-refractivity contribution in [3.05, 3.63) is 29.2 Å². The highest BCUT2D eigenvalue weighted by atomic mass is 32.2. The maximum atomic E-state index is 13.0. The zero-order valence-electron chi connectivity index (χ0n) is 17.6. The quantitative estimate of drug-likeness (QED) is 0.665. The summed E-state index contributed by atoms with van der Waals surface area (Å²) in [6.07, 6.45) is 0. The molecule has 1 fully saturated rings. The van der Waals surface area contributed by atoms with Crippen molar-refractivity contribution < 1.29 is 31.9 Å². The minimum atomic E-state index is -3.74. The first-order chi connectivity index (χ1) is 14.2. The third kappa shape index (κ3) is 3.82. The van der Waals surface area contributed by atoms with E-state index >= 15 is 0 Å². The van der Waals surface area contributed by atoms with E-state index in [-0.39, 0.29) is 42.7 Å². The molecule has 1 aromatic heterocycles. The molecule has 0 aliphatic carbocycles. The summed E-state index contributed by atoms with van der Waals surface area (Å²) in [6.45, 7) is 3.99. The van der Waals surface area contributed by atoms with Crippen molar-refractivity contribution in [1.29, 1.82) is 0 Å². The van der Waals surface area contributed by atoms with Gasteiger partial charge in [0.25, 0.3) is 5.91 Å². The number of sulfonamides is 1. The molecule has 0 saturated carbocycles. The number of nitrogens with zero attached hydrogens (tertiary/aromatic N) is 3. The van der Waals surface area contributed by atoms with Crippen LogP contribution in [0.15, 0.2) is 21.6 Å². The van der Waals surface area contributed by atoms with Crippen molar-refractivity contribution in [2.45, 2.75) is 18.7 Å². The number of rotatable bonds is 6. The van der Waals surface area contributed by atoms with E-state index in [2.05, 4.69) is 5.16 Å². The van der Waals surface area contributed by atoms with Crippen molar-refractivity contribution in [2.24, 2.45) is 0 Å². The third-order valence-corrected chi connectivity index (χ3v) is 7.15. The van der Waals surface area contributed by atoms with Crippen molar-refractivity contribution in [3.8, 4) is 17.2 Å². The molecule has 3 rings (SSSR count). The van der Waals surface area contributed by atoms with Gasteiger partial charge in [-0.2, -0.15) is 4.31 Å². The molecule has 1 saturated heterocycles. The number of methoxy groups -OCH3 is 3. The molecule has 0 atom stereocenters. The summed E-state index contributed by atoms with van der Waals surface area (Å²) < 4.78 is 48.1. The lowest BCUT2D eigenvalue weighted by atomic mass is 10.1. The number of hydrogen-bond acceptors (Lipinski definition) is 8. The maximum Gasteiger partial charge on any atom is 0.254 e. The van der Waals surface area contributed by atoms with Crippen LogP contribution in [0.5, 0.6) is 17.2 Å². The minimum Gasteiger partial charge on any atom is -0.493 e. The summed E-state index contributed by atoms with van der Waals surface area (Å²) in [4.78, 5) is 14.7. The molecule has 1 amide bonds. The SMILES string of the molecule is COc1cc(C(=O)N2CCN(S(=O)(=O)c3c(C)noc3C)CC2)cc(OC)c1OC. The molecule has 0 spiro atoms. The minimum absolute atomic E-state index is 0.0897. The molecule has 0 unspecified atom stereocenters. The predicted molar refractivity (Wildman–Crippen MR) is 107 cm³/mol. The zero-order chi connectivity index (χ0) is 22.1. The summed E-state index contributed by atoms with van der Waals surface area (Å²) in [7, 11) is 0.697. The average Bonchev–Trinajstić information content (AvgIpc) is 3.10. The Morgan fingerprint density at radius 2 is 1.57 bits per heavy atom. The number of carbonyl (C=O) groups is 1. The lowest BCUT2D eigenvalue weighted by molar-refractivity contribution is 0.0697. The summed E-state index contributed by atoms with van der Waals surface area (Å²) in [6, 6.07) is 3.16. The van der Waals surface area contributed by atoms with Gasteiger partial charge in [0.1, 0.15) is 10.6 Å². The van der Waals surface area contributed by atoms with Gasteiger partial charge in [-0.05, 0) is 26.0 Å². The standard InChI is InChI=1S/C19H25N3O7S/c1-12-18(13(2)29-20-12)30(24,25)22-8-6-21(7-9-22)19(23)14-10-15(26-3)17(28-5)16(11-14)27-4/h10-11H,6-9H2,1-5H3. The summed E-state index contributed by atoms with van der Waals surface area (Å²) >= 11 is 0. The van der Waals surface area contributed by atoms with Crippen LogP contribution in [0.25, 0.3) is 0 Å². The van der Waals surface area contributed by atoms with Crippen molar-refractivity contribution in [1.82, 2.24) is 14.4 Å². The molecule has 164 valence electrons. The number of ether oxygens (including phenoxy) is 3. The number of benzene rings is 1. The monoisotopic (exact) mass is 439 g/mol. The normalized spacial score (nSPS) is 15.2. The first-order valence-corrected chi connectivity index (χ1v) is 10.7. The van der Waals surface area contributed by atoms with Gasteiger partial charge in [0, 0.05) is 31.7 Å². The molecule has 1 aromatic carbocycles. The van der Waals surface area contributed by atoms with E-state index in [9.17, 15) is 13.2 Å². The van der Waals surface area contributed by atoms with Crippen molar-refractivity contribution in [2.75, 3.05) is 47.5 Å². The third-order valence-electron chi connectivity index (χ3n) is 5.00. The van der Waals surface area contributed by atoms with Crippen LogP contribution in [0.1, 0.15) is 21.8 Å². The lowest BCUT2D eigenvalue weighted by Gasteiger charge is -2.34. The Balaban J connectivity index is 1.78. The van der Waals surface area contributed by atoms with Crippen LogP contribution in [0.3, 0.4) is 0 Å². The highest BCUT2D eigenvalue weighted by Crippen LogP contribution is 2.38. The van der Waals surface area contributed by atoms with Crippen LogP contribution in [0, 0.1) is 13.8 Å². The van der Waals surface area contributed by atoms with Crippen molar-refractivity contribution >= 4 is 15.9 Å². The molecular weight excluding hydrogens is 414 g/mol. The first kappa shape index (κ1) is 21.9. The smallest absolute Gasteiger partial charge is 0.254 e. The molecule has 30 heavy (non-hydrogen) atoms. The lowest BCUT2D eigenvalue weighted by Crippen LogP contribution is -2.50. The van der Waals surface area contributed by atoms with Crippen LogP contribution in [0.2, 0.25) is 0 Å². The number of aromatic nitrogens is 1. The largest absolute Gasteiger partial charge is 0.493 e. The van der Waals surface area contributed by atoms with E-state index in [1.807, 2.05) is 0 Å². The molecule has 10 nitrogen and oxygen atoms in total. The maximum absolute atomic E-state index is 13.0. The molecule has 0 radical (unpaired) electrons. The topological polar surface area (TPSA) is 111 Å². The summed E-state index contributed by atoms with van der Waals surface area (Å²) in [5, 5.41) is 3.73. The molecular formula is C19H25N3O7S. The fraction of sp³-hybridized carbons (Fsp3) is 0.474. The summed E-state index contributed by atoms with van der Waals surface area (Å²) in [5.74, 6) is 1.15. The Morgan fingerprint density at radius 1 is 1.00 bits per heavy atom. The second kappa shape index (κ2) is 8.52. The molecule has 2 aromatic rings. The van der Waals surface area contributed by atoms with Crippen LogP contribution in [-0.2, 0) is 10.0 Å². The van der Waals surface area contributed by atoms with Gasteiger partial charge >= 0.3 is 0 Å². The van der Waals surface area contributed by atoms with Gasteiger partial charge in [0.2, 0.25) is 15.8 Å². The van der Waals surface area contributed by atoms with Gasteiger partial charge in [-0.25, -0.2) is 8.42 Å². The van der Waals surface area contributed by atoms with E-state index in [0.29, 0.717) is 28.5 Å². The number of hydrogen-bond donors (Lipinski definition) is 0. The van der Waals surface area contributed by atoms with Gasteiger partial charge in [-0.15, -0.1) is 0 Å².